The van der Waals surface area contributed by atoms with Crippen molar-refractivity contribution in [3.05, 3.63) is 23.9 Å². The molecule has 1 fully saturated rings. The molecular weight excluding hydrogens is 220 g/mol. The molecule has 2 atom stereocenters. The maximum Gasteiger partial charge on any atom is 0.339 e. The lowest BCUT2D eigenvalue weighted by Gasteiger charge is -2.35. The topological polar surface area (TPSA) is 73.7 Å². The number of aromatic nitrogens is 1. The van der Waals surface area contributed by atoms with Gasteiger partial charge in [0.1, 0.15) is 11.4 Å². The number of nitrogens with zero attached hydrogens (tertiary/aromatic N) is 2. The second-order valence-electron chi connectivity index (χ2n) is 4.46. The van der Waals surface area contributed by atoms with E-state index in [9.17, 15) is 9.90 Å². The largest absolute Gasteiger partial charge is 0.478 e. The quantitative estimate of drug-likeness (QED) is 0.801. The molecule has 1 aliphatic heterocycles. The molecule has 0 saturated carbocycles. The van der Waals surface area contributed by atoms with E-state index in [1.165, 1.54) is 0 Å². The monoisotopic (exact) mass is 236 g/mol. The maximum atomic E-state index is 11.1. The third-order valence-corrected chi connectivity index (χ3v) is 3.18. The number of piperidine rings is 1. The van der Waals surface area contributed by atoms with Crippen molar-refractivity contribution >= 4 is 11.8 Å². The first-order valence-corrected chi connectivity index (χ1v) is 5.71. The highest BCUT2D eigenvalue weighted by Gasteiger charge is 2.27. The molecule has 0 unspecified atom stereocenters. The highest BCUT2D eigenvalue weighted by Crippen LogP contribution is 2.24. The average Bonchev–Trinajstić information content (AvgIpc) is 2.32. The van der Waals surface area contributed by atoms with Crippen LogP contribution in [0.4, 0.5) is 5.82 Å². The minimum absolute atomic E-state index is 0.132. The standard InChI is InChI=1S/C12H16N2O3/c1-8-7-14(6-4-10(8)15)11-9(12(16)17)3-2-5-13-11/h2-3,5,8,10,15H,4,6-7H2,1H3,(H,16,17)/t8-,10+/m0/s1. The summed E-state index contributed by atoms with van der Waals surface area (Å²) in [5, 5.41) is 18.8. The van der Waals surface area contributed by atoms with Crippen molar-refractivity contribution < 1.29 is 15.0 Å². The Morgan fingerprint density at radius 2 is 2.35 bits per heavy atom. The normalized spacial score (nSPS) is 24.7. The van der Waals surface area contributed by atoms with Gasteiger partial charge in [0.2, 0.25) is 0 Å². The van der Waals surface area contributed by atoms with E-state index in [0.29, 0.717) is 25.3 Å². The minimum atomic E-state index is -0.966. The van der Waals surface area contributed by atoms with Crippen LogP contribution in [0.5, 0.6) is 0 Å². The van der Waals surface area contributed by atoms with E-state index >= 15 is 0 Å². The molecule has 5 nitrogen and oxygen atoms in total. The Labute approximate surface area is 99.7 Å². The molecule has 0 amide bonds. The number of aromatic carboxylic acids is 1. The van der Waals surface area contributed by atoms with Crippen LogP contribution in [0.1, 0.15) is 23.7 Å². The summed E-state index contributed by atoms with van der Waals surface area (Å²) in [7, 11) is 0. The van der Waals surface area contributed by atoms with Crippen molar-refractivity contribution in [2.75, 3.05) is 18.0 Å². The van der Waals surface area contributed by atoms with Gasteiger partial charge in [-0.3, -0.25) is 0 Å². The zero-order chi connectivity index (χ0) is 12.4. The number of aliphatic hydroxyl groups excluding tert-OH is 1. The van der Waals surface area contributed by atoms with E-state index in [4.69, 9.17) is 5.11 Å². The van der Waals surface area contributed by atoms with Gasteiger partial charge in [0.25, 0.3) is 0 Å². The summed E-state index contributed by atoms with van der Waals surface area (Å²) in [6.45, 7) is 3.24. The first kappa shape index (κ1) is 11.9. The Morgan fingerprint density at radius 3 is 3.00 bits per heavy atom. The molecule has 0 aromatic carbocycles. The van der Waals surface area contributed by atoms with Crippen molar-refractivity contribution in [1.29, 1.82) is 0 Å². The number of rotatable bonds is 2. The van der Waals surface area contributed by atoms with Crippen molar-refractivity contribution in [3.63, 3.8) is 0 Å². The van der Waals surface area contributed by atoms with Gasteiger partial charge in [-0.1, -0.05) is 6.92 Å². The third-order valence-electron chi connectivity index (χ3n) is 3.18. The number of hydrogen-bond acceptors (Lipinski definition) is 4. The summed E-state index contributed by atoms with van der Waals surface area (Å²) < 4.78 is 0. The van der Waals surface area contributed by atoms with Crippen molar-refractivity contribution in [3.8, 4) is 0 Å². The third kappa shape index (κ3) is 2.39. The first-order valence-electron chi connectivity index (χ1n) is 5.71. The Hall–Kier alpha value is -1.62. The van der Waals surface area contributed by atoms with E-state index in [1.54, 1.807) is 18.3 Å². The van der Waals surface area contributed by atoms with Crippen LogP contribution in [0.15, 0.2) is 18.3 Å². The zero-order valence-corrected chi connectivity index (χ0v) is 9.71. The van der Waals surface area contributed by atoms with Gasteiger partial charge in [-0.05, 0) is 24.5 Å². The number of anilines is 1. The molecule has 1 saturated heterocycles. The average molecular weight is 236 g/mol. The zero-order valence-electron chi connectivity index (χ0n) is 9.71. The minimum Gasteiger partial charge on any atom is -0.478 e. The Bertz CT molecular complexity index is 422. The van der Waals surface area contributed by atoms with Crippen molar-refractivity contribution in [1.82, 2.24) is 4.98 Å². The maximum absolute atomic E-state index is 11.1. The van der Waals surface area contributed by atoms with E-state index in [-0.39, 0.29) is 17.6 Å². The van der Waals surface area contributed by atoms with Gasteiger partial charge in [-0.2, -0.15) is 0 Å². The fraction of sp³-hybridized carbons (Fsp3) is 0.500. The van der Waals surface area contributed by atoms with Gasteiger partial charge in [-0.15, -0.1) is 0 Å². The Kier molecular flexibility index (Phi) is 3.28. The molecule has 2 N–H and O–H groups in total. The SMILES string of the molecule is C[C@H]1CN(c2ncccc2C(=O)O)CC[C@H]1O. The Balaban J connectivity index is 2.25. The summed E-state index contributed by atoms with van der Waals surface area (Å²) >= 11 is 0. The van der Waals surface area contributed by atoms with Gasteiger partial charge in [-0.25, -0.2) is 9.78 Å². The van der Waals surface area contributed by atoms with E-state index in [1.807, 2.05) is 11.8 Å². The van der Waals surface area contributed by atoms with Crippen LogP contribution < -0.4 is 4.90 Å². The lowest BCUT2D eigenvalue weighted by molar-refractivity contribution is 0.0696. The predicted molar refractivity (Wildman–Crippen MR) is 63.2 cm³/mol. The number of carbonyl (C=O) groups is 1. The number of hydrogen-bond donors (Lipinski definition) is 2. The molecule has 5 heteroatoms. The lowest BCUT2D eigenvalue weighted by atomic mass is 9.96. The summed E-state index contributed by atoms with van der Waals surface area (Å²) in [6, 6.07) is 3.18. The Morgan fingerprint density at radius 1 is 1.59 bits per heavy atom. The summed E-state index contributed by atoms with van der Waals surface area (Å²) in [5.41, 5.74) is 0.219. The van der Waals surface area contributed by atoms with Crippen LogP contribution in [0.3, 0.4) is 0 Å². The molecule has 0 bridgehead atoms. The van der Waals surface area contributed by atoms with Gasteiger partial charge in [0.15, 0.2) is 0 Å². The van der Waals surface area contributed by atoms with E-state index < -0.39 is 5.97 Å². The molecule has 1 aromatic rings. The van der Waals surface area contributed by atoms with Crippen LogP contribution in [0.25, 0.3) is 0 Å². The van der Waals surface area contributed by atoms with Gasteiger partial charge in [0, 0.05) is 19.3 Å². The predicted octanol–water partition coefficient (Wildman–Crippen LogP) is 0.987. The molecule has 0 spiro atoms. The molecular formula is C12H16N2O3. The van der Waals surface area contributed by atoms with Crippen LogP contribution in [-0.4, -0.2) is 40.4 Å². The summed E-state index contributed by atoms with van der Waals surface area (Å²) in [5.74, 6) is -0.335. The summed E-state index contributed by atoms with van der Waals surface area (Å²) in [4.78, 5) is 17.2. The lowest BCUT2D eigenvalue weighted by Crippen LogP contribution is -2.42. The van der Waals surface area contributed by atoms with Crippen LogP contribution in [0, 0.1) is 5.92 Å². The van der Waals surface area contributed by atoms with E-state index in [0.717, 1.165) is 0 Å². The fourth-order valence-electron chi connectivity index (χ4n) is 2.14. The van der Waals surface area contributed by atoms with Gasteiger partial charge < -0.3 is 15.1 Å². The summed E-state index contributed by atoms with van der Waals surface area (Å²) in [6.07, 6.45) is 1.94. The number of pyridine rings is 1. The van der Waals surface area contributed by atoms with Crippen LogP contribution in [-0.2, 0) is 0 Å². The second kappa shape index (κ2) is 4.71. The highest BCUT2D eigenvalue weighted by atomic mass is 16.4. The van der Waals surface area contributed by atoms with Crippen LogP contribution in [0.2, 0.25) is 0 Å². The molecule has 17 heavy (non-hydrogen) atoms. The molecule has 2 rings (SSSR count). The first-order chi connectivity index (χ1) is 8.09. The fourth-order valence-corrected chi connectivity index (χ4v) is 2.14. The molecule has 92 valence electrons. The second-order valence-corrected chi connectivity index (χ2v) is 4.46. The van der Waals surface area contributed by atoms with Gasteiger partial charge in [0.05, 0.1) is 6.10 Å². The number of carboxylic acids is 1. The molecule has 0 radical (unpaired) electrons. The van der Waals surface area contributed by atoms with Crippen LogP contribution >= 0.6 is 0 Å². The molecule has 2 heterocycles. The molecule has 0 aliphatic carbocycles. The number of carboxylic acid groups (broad SMARTS) is 1. The van der Waals surface area contributed by atoms with E-state index in [2.05, 4.69) is 4.98 Å². The number of aliphatic hydroxyl groups is 1. The smallest absolute Gasteiger partial charge is 0.339 e. The van der Waals surface area contributed by atoms with Crippen molar-refractivity contribution in [2.24, 2.45) is 5.92 Å². The van der Waals surface area contributed by atoms with Gasteiger partial charge >= 0.3 is 5.97 Å². The molecule has 1 aromatic heterocycles. The molecule has 1 aliphatic rings. The van der Waals surface area contributed by atoms with Crippen molar-refractivity contribution in [2.45, 2.75) is 19.4 Å². The highest BCUT2D eigenvalue weighted by molar-refractivity contribution is 5.93.